The normalized spacial score (nSPS) is 10.6. The number of carboxylic acids is 1. The molecular formula is C16H14FN5O2. The van der Waals surface area contributed by atoms with E-state index >= 15 is 0 Å². The number of halogens is 1. The van der Waals surface area contributed by atoms with Crippen LogP contribution in [0.15, 0.2) is 49.1 Å². The summed E-state index contributed by atoms with van der Waals surface area (Å²) in [6.45, 7) is 0.483. The van der Waals surface area contributed by atoms with Gasteiger partial charge < -0.3 is 10.0 Å². The van der Waals surface area contributed by atoms with Crippen LogP contribution in [0.25, 0.3) is 5.69 Å². The lowest BCUT2D eigenvalue weighted by molar-refractivity contribution is 0.0690. The number of nitrogens with zero attached hydrogens (tertiary/aromatic N) is 5. The molecule has 0 radical (unpaired) electrons. The van der Waals surface area contributed by atoms with Crippen molar-refractivity contribution < 1.29 is 14.3 Å². The molecule has 7 nitrogen and oxygen atoms in total. The Morgan fingerprint density at radius 2 is 2.04 bits per heavy atom. The number of benzene rings is 1. The molecule has 0 unspecified atom stereocenters. The predicted molar refractivity (Wildman–Crippen MR) is 84.6 cm³/mol. The molecule has 0 saturated heterocycles. The molecule has 0 aliphatic heterocycles. The van der Waals surface area contributed by atoms with Gasteiger partial charge in [-0.2, -0.15) is 5.10 Å². The fourth-order valence-corrected chi connectivity index (χ4v) is 2.20. The van der Waals surface area contributed by atoms with Crippen LogP contribution in [0.3, 0.4) is 0 Å². The van der Waals surface area contributed by atoms with Crippen molar-refractivity contribution in [3.8, 4) is 5.69 Å². The van der Waals surface area contributed by atoms with Gasteiger partial charge in [0.1, 0.15) is 18.0 Å². The van der Waals surface area contributed by atoms with Gasteiger partial charge in [0, 0.05) is 31.4 Å². The molecule has 3 aromatic rings. The van der Waals surface area contributed by atoms with Crippen LogP contribution in [-0.2, 0) is 6.54 Å². The third kappa shape index (κ3) is 3.37. The van der Waals surface area contributed by atoms with Crippen molar-refractivity contribution in [1.82, 2.24) is 19.7 Å². The van der Waals surface area contributed by atoms with Gasteiger partial charge in [-0.05, 0) is 24.3 Å². The van der Waals surface area contributed by atoms with E-state index in [2.05, 4.69) is 15.1 Å². The minimum absolute atomic E-state index is 0.0612. The SMILES string of the molecule is CN(Cc1cnn(-c2ccc(F)cc2)c1)c1cc(C(=O)O)ncn1. The summed E-state index contributed by atoms with van der Waals surface area (Å²) in [4.78, 5) is 20.5. The second-order valence-electron chi connectivity index (χ2n) is 5.19. The van der Waals surface area contributed by atoms with Crippen LogP contribution in [0.1, 0.15) is 16.1 Å². The first-order chi connectivity index (χ1) is 11.5. The minimum Gasteiger partial charge on any atom is -0.477 e. The van der Waals surface area contributed by atoms with Crippen LogP contribution < -0.4 is 4.90 Å². The van der Waals surface area contributed by atoms with Crippen molar-refractivity contribution in [2.24, 2.45) is 0 Å². The van der Waals surface area contributed by atoms with Crippen LogP contribution in [0.5, 0.6) is 0 Å². The molecule has 1 N–H and O–H groups in total. The maximum Gasteiger partial charge on any atom is 0.354 e. The third-order valence-corrected chi connectivity index (χ3v) is 3.41. The van der Waals surface area contributed by atoms with Gasteiger partial charge in [0.15, 0.2) is 5.69 Å². The van der Waals surface area contributed by atoms with E-state index in [1.807, 2.05) is 6.20 Å². The van der Waals surface area contributed by atoms with Crippen molar-refractivity contribution >= 4 is 11.8 Å². The van der Waals surface area contributed by atoms with Crippen molar-refractivity contribution in [2.45, 2.75) is 6.54 Å². The molecule has 0 amide bonds. The second-order valence-corrected chi connectivity index (χ2v) is 5.19. The lowest BCUT2D eigenvalue weighted by atomic mass is 10.3. The molecule has 0 spiro atoms. The Kier molecular flexibility index (Phi) is 4.19. The summed E-state index contributed by atoms with van der Waals surface area (Å²) in [5.41, 5.74) is 1.59. The zero-order valence-electron chi connectivity index (χ0n) is 12.8. The molecule has 24 heavy (non-hydrogen) atoms. The molecule has 0 aliphatic carbocycles. The maximum absolute atomic E-state index is 13.0. The predicted octanol–water partition coefficient (Wildman–Crippen LogP) is 2.14. The fourth-order valence-electron chi connectivity index (χ4n) is 2.20. The van der Waals surface area contributed by atoms with Gasteiger partial charge in [-0.1, -0.05) is 0 Å². The summed E-state index contributed by atoms with van der Waals surface area (Å²) in [7, 11) is 1.79. The number of aromatic carboxylic acids is 1. The van der Waals surface area contributed by atoms with Crippen molar-refractivity contribution in [2.75, 3.05) is 11.9 Å². The van der Waals surface area contributed by atoms with Gasteiger partial charge >= 0.3 is 5.97 Å². The highest BCUT2D eigenvalue weighted by Gasteiger charge is 2.11. The smallest absolute Gasteiger partial charge is 0.354 e. The van der Waals surface area contributed by atoms with Gasteiger partial charge in [0.2, 0.25) is 0 Å². The van der Waals surface area contributed by atoms with Gasteiger partial charge in [0.25, 0.3) is 0 Å². The fraction of sp³-hybridized carbons (Fsp3) is 0.125. The number of hydrogen-bond acceptors (Lipinski definition) is 5. The lowest BCUT2D eigenvalue weighted by Crippen LogP contribution is -2.18. The lowest BCUT2D eigenvalue weighted by Gasteiger charge is -2.16. The molecule has 2 heterocycles. The highest BCUT2D eigenvalue weighted by atomic mass is 19.1. The average molecular weight is 327 g/mol. The Labute approximate surface area is 137 Å². The second kappa shape index (κ2) is 6.45. The van der Waals surface area contributed by atoms with Crippen molar-refractivity contribution in [3.63, 3.8) is 0 Å². The summed E-state index contributed by atoms with van der Waals surface area (Å²) in [5, 5.41) is 13.2. The summed E-state index contributed by atoms with van der Waals surface area (Å²) in [6.07, 6.45) is 4.74. The number of carbonyl (C=O) groups is 1. The van der Waals surface area contributed by atoms with Gasteiger partial charge in [-0.3, -0.25) is 0 Å². The zero-order chi connectivity index (χ0) is 17.1. The topological polar surface area (TPSA) is 84.1 Å². The molecule has 8 heteroatoms. The van der Waals surface area contributed by atoms with E-state index in [0.29, 0.717) is 12.4 Å². The van der Waals surface area contributed by atoms with E-state index in [4.69, 9.17) is 5.11 Å². The molecule has 1 aromatic carbocycles. The standard InChI is InChI=1S/C16H14FN5O2/c1-21(15-6-14(16(23)24)18-10-19-15)8-11-7-20-22(9-11)13-4-2-12(17)3-5-13/h2-7,9-10H,8H2,1H3,(H,23,24). The quantitative estimate of drug-likeness (QED) is 0.773. The van der Waals surface area contributed by atoms with E-state index in [1.54, 1.807) is 35.0 Å². The van der Waals surface area contributed by atoms with Crippen LogP contribution >= 0.6 is 0 Å². The highest BCUT2D eigenvalue weighted by molar-refractivity contribution is 5.86. The summed E-state index contributed by atoms with van der Waals surface area (Å²) in [5.74, 6) is -0.906. The Balaban J connectivity index is 1.75. The van der Waals surface area contributed by atoms with Gasteiger partial charge in [-0.15, -0.1) is 0 Å². The minimum atomic E-state index is -1.10. The monoisotopic (exact) mass is 327 g/mol. The first-order valence-corrected chi connectivity index (χ1v) is 7.09. The Morgan fingerprint density at radius 1 is 1.29 bits per heavy atom. The maximum atomic E-state index is 13.0. The third-order valence-electron chi connectivity index (χ3n) is 3.41. The Hall–Kier alpha value is -3.29. The molecular weight excluding hydrogens is 313 g/mol. The Morgan fingerprint density at radius 3 is 2.75 bits per heavy atom. The molecule has 2 aromatic heterocycles. The van der Waals surface area contributed by atoms with Crippen molar-refractivity contribution in [3.05, 3.63) is 66.1 Å². The molecule has 0 atom stereocenters. The van der Waals surface area contributed by atoms with E-state index in [9.17, 15) is 9.18 Å². The number of aromatic nitrogens is 4. The van der Waals surface area contributed by atoms with Crippen LogP contribution in [0.2, 0.25) is 0 Å². The first-order valence-electron chi connectivity index (χ1n) is 7.09. The van der Waals surface area contributed by atoms with Crippen LogP contribution in [0.4, 0.5) is 10.2 Å². The number of carboxylic acid groups (broad SMARTS) is 1. The largest absolute Gasteiger partial charge is 0.477 e. The summed E-state index contributed by atoms with van der Waals surface area (Å²) < 4.78 is 14.6. The van der Waals surface area contributed by atoms with Crippen molar-refractivity contribution in [1.29, 1.82) is 0 Å². The first kappa shape index (κ1) is 15.6. The number of hydrogen-bond donors (Lipinski definition) is 1. The molecule has 0 bridgehead atoms. The molecule has 122 valence electrons. The molecule has 0 aliphatic rings. The molecule has 0 fully saturated rings. The van der Waals surface area contributed by atoms with E-state index < -0.39 is 5.97 Å². The molecule has 3 rings (SSSR count). The number of anilines is 1. The van der Waals surface area contributed by atoms with E-state index in [1.165, 1.54) is 24.5 Å². The summed E-state index contributed by atoms with van der Waals surface area (Å²) >= 11 is 0. The van der Waals surface area contributed by atoms with Gasteiger partial charge in [0.05, 0.1) is 11.9 Å². The highest BCUT2D eigenvalue weighted by Crippen LogP contribution is 2.14. The van der Waals surface area contributed by atoms with E-state index in [0.717, 1.165) is 11.3 Å². The van der Waals surface area contributed by atoms with Crippen LogP contribution in [-0.4, -0.2) is 37.9 Å². The van der Waals surface area contributed by atoms with Gasteiger partial charge in [-0.25, -0.2) is 23.8 Å². The Bertz CT molecular complexity index is 863. The van der Waals surface area contributed by atoms with E-state index in [-0.39, 0.29) is 11.5 Å². The van der Waals surface area contributed by atoms with Crippen LogP contribution in [0, 0.1) is 5.82 Å². The summed E-state index contributed by atoms with van der Waals surface area (Å²) in [6, 6.07) is 7.43. The number of rotatable bonds is 5. The molecule has 0 saturated carbocycles. The average Bonchev–Trinajstić information content (AvgIpc) is 3.04. The zero-order valence-corrected chi connectivity index (χ0v) is 12.8.